The summed E-state index contributed by atoms with van der Waals surface area (Å²) in [6.45, 7) is 1.18. The van der Waals surface area contributed by atoms with Gasteiger partial charge in [-0.15, -0.1) is 0 Å². The minimum absolute atomic E-state index is 0.0582. The van der Waals surface area contributed by atoms with Gasteiger partial charge in [0.2, 0.25) is 0 Å². The third kappa shape index (κ3) is 2.36. The van der Waals surface area contributed by atoms with Gasteiger partial charge in [-0.1, -0.05) is 0 Å². The molecular formula is C11H12BrNO3. The molecule has 1 aromatic carbocycles. The number of aromatic hydroxyl groups is 1. The summed E-state index contributed by atoms with van der Waals surface area (Å²) in [6, 6.07) is 4.74. The molecule has 5 heteroatoms. The number of benzene rings is 1. The molecule has 1 aliphatic heterocycles. The van der Waals surface area contributed by atoms with Crippen LogP contribution in [0.3, 0.4) is 0 Å². The molecule has 1 N–H and O–H groups in total. The van der Waals surface area contributed by atoms with Crippen molar-refractivity contribution in [1.29, 1.82) is 0 Å². The molecule has 0 unspecified atom stereocenters. The van der Waals surface area contributed by atoms with E-state index in [4.69, 9.17) is 4.84 Å². The summed E-state index contributed by atoms with van der Waals surface area (Å²) in [5.74, 6) is -0.148. The first-order chi connectivity index (χ1) is 7.68. The Balaban J connectivity index is 2.16. The fourth-order valence-electron chi connectivity index (χ4n) is 1.55. The van der Waals surface area contributed by atoms with E-state index in [1.54, 1.807) is 12.1 Å². The van der Waals surface area contributed by atoms with Crippen LogP contribution in [0.4, 0.5) is 0 Å². The Morgan fingerprint density at radius 1 is 1.44 bits per heavy atom. The lowest BCUT2D eigenvalue weighted by molar-refractivity contribution is -0.144. The summed E-state index contributed by atoms with van der Waals surface area (Å²) in [6.07, 6.45) is 1.93. The third-order valence-electron chi connectivity index (χ3n) is 2.42. The van der Waals surface area contributed by atoms with Crippen LogP contribution in [0.15, 0.2) is 22.7 Å². The van der Waals surface area contributed by atoms with E-state index in [2.05, 4.69) is 15.9 Å². The zero-order valence-electron chi connectivity index (χ0n) is 8.65. The van der Waals surface area contributed by atoms with Crippen LogP contribution in [0.5, 0.6) is 5.75 Å². The molecule has 0 aliphatic carbocycles. The SMILES string of the molecule is O=C(c1ccc(Br)c(O)c1)N1CCCCO1. The fourth-order valence-corrected chi connectivity index (χ4v) is 1.79. The van der Waals surface area contributed by atoms with E-state index < -0.39 is 0 Å². The molecule has 2 rings (SSSR count). The highest BCUT2D eigenvalue weighted by atomic mass is 79.9. The minimum Gasteiger partial charge on any atom is -0.507 e. The summed E-state index contributed by atoms with van der Waals surface area (Å²) in [5, 5.41) is 10.8. The Bertz CT molecular complexity index is 402. The Morgan fingerprint density at radius 3 is 2.88 bits per heavy atom. The van der Waals surface area contributed by atoms with Crippen molar-refractivity contribution in [2.24, 2.45) is 0 Å². The number of hydroxylamine groups is 2. The molecule has 1 aliphatic rings. The van der Waals surface area contributed by atoms with Gasteiger partial charge in [0.15, 0.2) is 0 Å². The first-order valence-electron chi connectivity index (χ1n) is 5.12. The first-order valence-corrected chi connectivity index (χ1v) is 5.91. The summed E-state index contributed by atoms with van der Waals surface area (Å²) in [5.41, 5.74) is 0.433. The monoisotopic (exact) mass is 285 g/mol. The van der Waals surface area contributed by atoms with Crippen LogP contribution in [-0.2, 0) is 4.84 Å². The normalized spacial score (nSPS) is 16.2. The van der Waals surface area contributed by atoms with Gasteiger partial charge in [0.25, 0.3) is 5.91 Å². The second-order valence-corrected chi connectivity index (χ2v) is 4.47. The van der Waals surface area contributed by atoms with E-state index >= 15 is 0 Å². The lowest BCUT2D eigenvalue weighted by Crippen LogP contribution is -2.35. The van der Waals surface area contributed by atoms with Crippen molar-refractivity contribution in [3.05, 3.63) is 28.2 Å². The van der Waals surface area contributed by atoms with Crippen molar-refractivity contribution in [2.75, 3.05) is 13.2 Å². The van der Waals surface area contributed by atoms with Crippen LogP contribution in [0.25, 0.3) is 0 Å². The summed E-state index contributed by atoms with van der Waals surface area (Å²) >= 11 is 3.17. The highest BCUT2D eigenvalue weighted by molar-refractivity contribution is 9.10. The predicted octanol–water partition coefficient (Wildman–Crippen LogP) is 2.32. The lowest BCUT2D eigenvalue weighted by atomic mass is 10.2. The quantitative estimate of drug-likeness (QED) is 0.862. The molecule has 0 saturated carbocycles. The highest BCUT2D eigenvalue weighted by Gasteiger charge is 2.19. The van der Waals surface area contributed by atoms with Gasteiger partial charge in [-0.3, -0.25) is 9.63 Å². The van der Waals surface area contributed by atoms with Gasteiger partial charge in [0.1, 0.15) is 5.75 Å². The zero-order valence-corrected chi connectivity index (χ0v) is 10.2. The summed E-state index contributed by atoms with van der Waals surface area (Å²) < 4.78 is 0.573. The third-order valence-corrected chi connectivity index (χ3v) is 3.09. The van der Waals surface area contributed by atoms with Crippen LogP contribution < -0.4 is 0 Å². The van der Waals surface area contributed by atoms with Crippen molar-refractivity contribution in [2.45, 2.75) is 12.8 Å². The zero-order chi connectivity index (χ0) is 11.5. The van der Waals surface area contributed by atoms with E-state index in [0.717, 1.165) is 12.8 Å². The standard InChI is InChI=1S/C11H12BrNO3/c12-9-4-3-8(7-10(9)14)11(15)13-5-1-2-6-16-13/h3-4,7,14H,1-2,5-6H2. The van der Waals surface area contributed by atoms with Crippen LogP contribution in [0.2, 0.25) is 0 Å². The molecule has 1 aromatic rings. The molecule has 16 heavy (non-hydrogen) atoms. The average molecular weight is 286 g/mol. The minimum atomic E-state index is -0.206. The Kier molecular flexibility index (Phi) is 3.46. The molecular weight excluding hydrogens is 274 g/mol. The van der Waals surface area contributed by atoms with Gasteiger partial charge in [0, 0.05) is 12.1 Å². The number of nitrogens with zero attached hydrogens (tertiary/aromatic N) is 1. The van der Waals surface area contributed by atoms with Crippen LogP contribution in [-0.4, -0.2) is 29.2 Å². The molecule has 1 heterocycles. The molecule has 1 amide bonds. The molecule has 1 fully saturated rings. The lowest BCUT2D eigenvalue weighted by Gasteiger charge is -2.25. The van der Waals surface area contributed by atoms with Crippen LogP contribution in [0.1, 0.15) is 23.2 Å². The average Bonchev–Trinajstić information content (AvgIpc) is 2.33. The van der Waals surface area contributed by atoms with E-state index in [9.17, 15) is 9.90 Å². The molecule has 86 valence electrons. The van der Waals surface area contributed by atoms with Gasteiger partial charge in [-0.2, -0.15) is 0 Å². The maximum atomic E-state index is 11.9. The number of phenolic OH excluding ortho intramolecular Hbond substituents is 1. The number of carbonyl (C=O) groups excluding carboxylic acids is 1. The number of rotatable bonds is 1. The van der Waals surface area contributed by atoms with Crippen molar-refractivity contribution >= 4 is 21.8 Å². The van der Waals surface area contributed by atoms with E-state index in [1.807, 2.05) is 0 Å². The summed E-state index contributed by atoms with van der Waals surface area (Å²) in [4.78, 5) is 17.2. The molecule has 4 nitrogen and oxygen atoms in total. The largest absolute Gasteiger partial charge is 0.507 e. The van der Waals surface area contributed by atoms with Gasteiger partial charge in [-0.05, 0) is 47.0 Å². The van der Waals surface area contributed by atoms with Gasteiger partial charge in [0.05, 0.1) is 11.1 Å². The van der Waals surface area contributed by atoms with Crippen molar-refractivity contribution < 1.29 is 14.7 Å². The second kappa shape index (κ2) is 4.84. The van der Waals surface area contributed by atoms with Crippen molar-refractivity contribution in [3.63, 3.8) is 0 Å². The molecule has 0 radical (unpaired) electrons. The number of amides is 1. The second-order valence-electron chi connectivity index (χ2n) is 3.61. The smallest absolute Gasteiger partial charge is 0.277 e. The fraction of sp³-hybridized carbons (Fsp3) is 0.364. The number of halogens is 1. The molecule has 0 spiro atoms. The Morgan fingerprint density at radius 2 is 2.25 bits per heavy atom. The van der Waals surface area contributed by atoms with Gasteiger partial charge in [-0.25, -0.2) is 5.06 Å². The maximum absolute atomic E-state index is 11.9. The summed E-state index contributed by atoms with van der Waals surface area (Å²) in [7, 11) is 0. The van der Waals surface area contributed by atoms with E-state index in [0.29, 0.717) is 23.2 Å². The number of hydrogen-bond acceptors (Lipinski definition) is 3. The van der Waals surface area contributed by atoms with E-state index in [-0.39, 0.29) is 11.7 Å². The predicted molar refractivity (Wildman–Crippen MR) is 62.0 cm³/mol. The Hall–Kier alpha value is -1.07. The molecule has 0 atom stereocenters. The van der Waals surface area contributed by atoms with Gasteiger partial charge >= 0.3 is 0 Å². The molecule has 0 aromatic heterocycles. The topological polar surface area (TPSA) is 49.8 Å². The Labute approximate surface area is 102 Å². The molecule has 0 bridgehead atoms. The maximum Gasteiger partial charge on any atom is 0.277 e. The van der Waals surface area contributed by atoms with Crippen molar-refractivity contribution in [1.82, 2.24) is 5.06 Å². The number of phenols is 1. The highest BCUT2D eigenvalue weighted by Crippen LogP contribution is 2.25. The number of hydrogen-bond donors (Lipinski definition) is 1. The van der Waals surface area contributed by atoms with Gasteiger partial charge < -0.3 is 5.11 Å². The first kappa shape index (κ1) is 11.4. The van der Waals surface area contributed by atoms with E-state index in [1.165, 1.54) is 11.1 Å². The van der Waals surface area contributed by atoms with Crippen molar-refractivity contribution in [3.8, 4) is 5.75 Å². The molecule has 1 saturated heterocycles. The van der Waals surface area contributed by atoms with Crippen LogP contribution in [0, 0.1) is 0 Å². The number of carbonyl (C=O) groups is 1. The van der Waals surface area contributed by atoms with Crippen LogP contribution >= 0.6 is 15.9 Å².